The number of aliphatic hydroxyl groups excluding tert-OH is 1. The van der Waals surface area contributed by atoms with E-state index in [0.717, 1.165) is 17.1 Å². The van der Waals surface area contributed by atoms with Crippen LogP contribution < -0.4 is 5.32 Å². The topological polar surface area (TPSA) is 184 Å². The van der Waals surface area contributed by atoms with Gasteiger partial charge in [0.2, 0.25) is 0 Å². The summed E-state index contributed by atoms with van der Waals surface area (Å²) < 4.78 is 33.2. The number of carbonyl (C=O) groups excluding carboxylic acids is 4. The number of carbonyl (C=O) groups is 4. The van der Waals surface area contributed by atoms with Gasteiger partial charge in [0.1, 0.15) is 29.7 Å². The lowest BCUT2D eigenvalue weighted by Crippen LogP contribution is -2.60. The van der Waals surface area contributed by atoms with Crippen LogP contribution in [0.5, 0.6) is 0 Å². The monoisotopic (exact) mass is 840 g/mol. The Morgan fingerprint density at radius 3 is 2.32 bits per heavy atom. The third-order valence-electron chi connectivity index (χ3n) is 13.2. The number of aromatic nitrogens is 3. The van der Waals surface area contributed by atoms with Gasteiger partial charge in [0.15, 0.2) is 17.7 Å². The van der Waals surface area contributed by atoms with Crippen LogP contribution in [0.3, 0.4) is 0 Å². The molecule has 2 aromatic heterocycles. The number of hydrogen-bond donors (Lipinski definition) is 2. The first-order chi connectivity index (χ1) is 28.3. The van der Waals surface area contributed by atoms with Gasteiger partial charge in [-0.2, -0.15) is 0 Å². The molecule has 3 aliphatic heterocycles. The molecule has 2 N–H and O–H groups in total. The Labute approximate surface area is 355 Å². The van der Waals surface area contributed by atoms with Crippen LogP contribution in [0.15, 0.2) is 30.9 Å². The molecular weight excluding hydrogens is 773 g/mol. The highest BCUT2D eigenvalue weighted by Crippen LogP contribution is 2.43. The van der Waals surface area contributed by atoms with Gasteiger partial charge in [0, 0.05) is 69.0 Å². The van der Waals surface area contributed by atoms with Crippen molar-refractivity contribution in [2.75, 3.05) is 40.1 Å². The smallest absolute Gasteiger partial charge is 0.410 e. The van der Waals surface area contributed by atoms with Gasteiger partial charge in [-0.05, 0) is 86.0 Å². The summed E-state index contributed by atoms with van der Waals surface area (Å²) in [6.07, 6.45) is 2.69. The third kappa shape index (κ3) is 9.72. The average molecular weight is 841 g/mol. The number of methoxy groups -OCH3 is 1. The highest BCUT2D eigenvalue weighted by molar-refractivity contribution is 6.00. The van der Waals surface area contributed by atoms with Gasteiger partial charge >= 0.3 is 12.1 Å². The molecule has 5 heterocycles. The number of ketones is 2. The van der Waals surface area contributed by atoms with Gasteiger partial charge in [0.05, 0.1) is 35.9 Å². The molecule has 0 bridgehead atoms. The lowest BCUT2D eigenvalue weighted by atomic mass is 9.73. The number of rotatable bonds is 12. The van der Waals surface area contributed by atoms with E-state index in [9.17, 15) is 24.3 Å². The summed E-state index contributed by atoms with van der Waals surface area (Å²) in [5, 5.41) is 14.5. The minimum atomic E-state index is -1.41. The fraction of sp³-hybridized carbons (Fsp3) is 0.727. The summed E-state index contributed by atoms with van der Waals surface area (Å²) in [6.45, 7) is 14.9. The molecule has 334 valence electrons. The maximum atomic E-state index is 14.7. The number of nitrogens with one attached hydrogen (secondary N) is 1. The van der Waals surface area contributed by atoms with Crippen molar-refractivity contribution in [2.24, 2.45) is 23.7 Å². The number of unbranched alkanes of at least 4 members (excludes halogenated alkanes) is 1. The van der Waals surface area contributed by atoms with E-state index >= 15 is 0 Å². The second kappa shape index (κ2) is 19.4. The number of anilines is 1. The molecule has 13 atom stereocenters. The van der Waals surface area contributed by atoms with Gasteiger partial charge in [-0.25, -0.2) is 14.8 Å². The van der Waals surface area contributed by atoms with Crippen LogP contribution in [0.2, 0.25) is 0 Å². The molecule has 60 heavy (non-hydrogen) atoms. The molecule has 0 aromatic carbocycles. The van der Waals surface area contributed by atoms with E-state index in [1.165, 1.54) is 14.0 Å². The van der Waals surface area contributed by atoms with E-state index in [2.05, 4.69) is 15.3 Å². The van der Waals surface area contributed by atoms with Gasteiger partial charge < -0.3 is 48.5 Å². The van der Waals surface area contributed by atoms with Crippen molar-refractivity contribution < 1.29 is 48.0 Å². The van der Waals surface area contributed by atoms with Crippen LogP contribution in [0.25, 0.3) is 11.3 Å². The highest BCUT2D eigenvalue weighted by Gasteiger charge is 2.60. The summed E-state index contributed by atoms with van der Waals surface area (Å²) in [7, 11) is 7.05. The number of likely N-dealkylation sites (N-methyl/N-ethyl adjacent to an activating group) is 1. The van der Waals surface area contributed by atoms with Crippen molar-refractivity contribution in [3.05, 3.63) is 30.9 Å². The molecule has 3 saturated heterocycles. The zero-order valence-corrected chi connectivity index (χ0v) is 37.5. The normalized spacial score (nSPS) is 35.8. The van der Waals surface area contributed by atoms with Crippen molar-refractivity contribution in [2.45, 2.75) is 148 Å². The Morgan fingerprint density at radius 2 is 1.70 bits per heavy atom. The number of amides is 1. The zero-order valence-electron chi connectivity index (χ0n) is 37.5. The first-order valence-electron chi connectivity index (χ1n) is 21.4. The molecule has 3 aliphatic rings. The number of esters is 1. The maximum absolute atomic E-state index is 14.7. The third-order valence-corrected chi connectivity index (χ3v) is 13.2. The Morgan fingerprint density at radius 1 is 1.00 bits per heavy atom. The van der Waals surface area contributed by atoms with Crippen molar-refractivity contribution >= 4 is 29.4 Å². The molecule has 5 rings (SSSR count). The van der Waals surface area contributed by atoms with Crippen LogP contribution in [0.4, 0.5) is 10.6 Å². The fourth-order valence-electron chi connectivity index (χ4n) is 9.61. The van der Waals surface area contributed by atoms with Crippen LogP contribution in [-0.2, 0) is 44.6 Å². The molecule has 0 unspecified atom stereocenters. The molecule has 0 aliphatic carbocycles. The number of Topliss-reactive ketones (excluding diaryl/α,β-unsaturated/α-hetero) is 2. The van der Waals surface area contributed by atoms with Gasteiger partial charge in [-0.15, -0.1) is 0 Å². The number of imidazole rings is 1. The summed E-state index contributed by atoms with van der Waals surface area (Å²) in [6, 6.07) is 2.77. The van der Waals surface area contributed by atoms with E-state index < -0.39 is 83.4 Å². The van der Waals surface area contributed by atoms with E-state index in [0.29, 0.717) is 32.4 Å². The van der Waals surface area contributed by atoms with Crippen molar-refractivity contribution in [1.29, 1.82) is 0 Å². The minimum Gasteiger partial charge on any atom is -0.458 e. The Kier molecular flexibility index (Phi) is 15.2. The largest absolute Gasteiger partial charge is 0.458 e. The van der Waals surface area contributed by atoms with Gasteiger partial charge in [-0.3, -0.25) is 14.4 Å². The maximum Gasteiger partial charge on any atom is 0.410 e. The number of nitrogens with zero attached hydrogens (tertiary/aromatic N) is 5. The second-order valence-corrected chi connectivity index (χ2v) is 17.8. The lowest BCUT2D eigenvalue weighted by Gasteiger charge is -2.47. The first-order valence-corrected chi connectivity index (χ1v) is 21.4. The second-order valence-electron chi connectivity index (χ2n) is 17.8. The molecule has 2 aromatic rings. The van der Waals surface area contributed by atoms with E-state index in [4.69, 9.17) is 23.7 Å². The molecule has 3 fully saturated rings. The predicted octanol–water partition coefficient (Wildman–Crippen LogP) is 4.97. The van der Waals surface area contributed by atoms with Crippen molar-refractivity contribution in [3.8, 4) is 11.3 Å². The van der Waals surface area contributed by atoms with Crippen molar-refractivity contribution in [1.82, 2.24) is 24.3 Å². The SMILES string of the molecule is CC[C@H]1OC(=O)[C@H](C)C(=O)[C@H](C)[C@@H](O[C@@H]2O[C@H](C)C[C@H](N(C)C)[C@H]2O)[C@@](C)(OC)C[C@@H](C)C(=O)[C@H](C)[C@H]2N(CCCCn3cnc(-c4ccc(NC)nc4)c3)C(=O)O[C@]12C. The average Bonchev–Trinajstić information content (AvgIpc) is 3.80. The highest BCUT2D eigenvalue weighted by atomic mass is 16.7. The number of aliphatic hydroxyl groups is 1. The Hall–Kier alpha value is -3.96. The number of ether oxygens (including phenoxy) is 5. The lowest BCUT2D eigenvalue weighted by molar-refractivity contribution is -0.295. The summed E-state index contributed by atoms with van der Waals surface area (Å²) in [4.78, 5) is 69.4. The number of hydrogen-bond acceptors (Lipinski definition) is 14. The molecule has 1 amide bonds. The summed E-state index contributed by atoms with van der Waals surface area (Å²) in [5.41, 5.74) is -0.987. The van der Waals surface area contributed by atoms with Crippen LogP contribution in [0, 0.1) is 23.7 Å². The van der Waals surface area contributed by atoms with E-state index in [-0.39, 0.29) is 30.8 Å². The van der Waals surface area contributed by atoms with Crippen LogP contribution >= 0.6 is 0 Å². The molecule has 0 spiro atoms. The number of pyridine rings is 1. The zero-order chi connectivity index (χ0) is 44.3. The predicted molar refractivity (Wildman–Crippen MR) is 224 cm³/mol. The molecular formula is C44H68N6O10. The number of cyclic esters (lactones) is 1. The molecule has 16 heteroatoms. The number of fused-ring (bicyclic) bond motifs is 1. The Balaban J connectivity index is 1.42. The van der Waals surface area contributed by atoms with E-state index in [1.807, 2.05) is 69.7 Å². The number of aryl methyl sites for hydroxylation is 1. The molecule has 0 radical (unpaired) electrons. The first kappa shape index (κ1) is 47.1. The summed E-state index contributed by atoms with van der Waals surface area (Å²) in [5.74, 6) is -4.21. The minimum absolute atomic E-state index is 0.126. The van der Waals surface area contributed by atoms with Gasteiger partial charge in [0.25, 0.3) is 0 Å². The standard InChI is InChI=1S/C44H68N6O10/c1-13-33-44(8)38(50(42(55)60-44)19-15-14-18-49-23-31(47-24-49)30-16-17-34(45-9)46-22-30)27(4)35(51)25(2)21-43(7,56-12)39(28(5)36(52)29(6)40(54)58-33)59-41-37(53)32(48(10)11)20-26(3)57-41/h16-17,22-29,32-33,37-39,41,53H,13-15,18-21H2,1-12H3,(H,45,46)/t25-,26-,27+,28+,29-,32+,33-,37-,38-,39-,41+,43+,44-/m1/s1. The molecule has 16 nitrogen and oxygen atoms in total. The molecule has 0 saturated carbocycles. The quantitative estimate of drug-likeness (QED) is 0.166. The van der Waals surface area contributed by atoms with Crippen LogP contribution in [-0.4, -0.2) is 142 Å². The van der Waals surface area contributed by atoms with Gasteiger partial charge in [-0.1, -0.05) is 27.7 Å². The van der Waals surface area contributed by atoms with E-state index in [1.54, 1.807) is 45.1 Å². The van der Waals surface area contributed by atoms with Crippen LogP contribution in [0.1, 0.15) is 87.5 Å². The summed E-state index contributed by atoms with van der Waals surface area (Å²) >= 11 is 0. The fourth-order valence-corrected chi connectivity index (χ4v) is 9.61. The Bertz CT molecular complexity index is 1810. The van der Waals surface area contributed by atoms with Crippen molar-refractivity contribution in [3.63, 3.8) is 0 Å².